The molecule has 0 aliphatic carbocycles. The Bertz CT molecular complexity index is 437. The number of hydrogen-bond acceptors (Lipinski definition) is 5. The first kappa shape index (κ1) is 12.7. The lowest BCUT2D eigenvalue weighted by molar-refractivity contribution is -0.163. The highest BCUT2D eigenvalue weighted by atomic mass is 32.2. The summed E-state index contributed by atoms with van der Waals surface area (Å²) in [6.07, 6.45) is 0.392. The van der Waals surface area contributed by atoms with Crippen LogP contribution in [0.2, 0.25) is 0 Å². The van der Waals surface area contributed by atoms with Gasteiger partial charge in [0.25, 0.3) is 11.8 Å². The molecular formula is C7H7F2NO5S. The summed E-state index contributed by atoms with van der Waals surface area (Å²) in [6.45, 7) is 0.923. The Hall–Kier alpha value is -1.35. The lowest BCUT2D eigenvalue weighted by Crippen LogP contribution is -2.39. The van der Waals surface area contributed by atoms with Crippen molar-refractivity contribution in [1.82, 2.24) is 5.06 Å². The van der Waals surface area contributed by atoms with Gasteiger partial charge in [-0.3, -0.25) is 9.59 Å². The molecule has 1 aliphatic heterocycles. The first-order chi connectivity index (χ1) is 7.21. The summed E-state index contributed by atoms with van der Waals surface area (Å²) in [5.41, 5.74) is 0. The Balaban J connectivity index is 2.91. The van der Waals surface area contributed by atoms with Gasteiger partial charge in [0.15, 0.2) is 0 Å². The highest BCUT2D eigenvalue weighted by Crippen LogP contribution is 2.28. The van der Waals surface area contributed by atoms with Gasteiger partial charge in [-0.15, -0.1) is 9.35 Å². The lowest BCUT2D eigenvalue weighted by atomic mass is 10.5. The number of halogens is 2. The molecule has 0 aromatic rings. The number of alkyl halides is 2. The van der Waals surface area contributed by atoms with Crippen molar-refractivity contribution >= 4 is 21.9 Å². The van der Waals surface area contributed by atoms with Gasteiger partial charge in [0, 0.05) is 18.6 Å². The van der Waals surface area contributed by atoms with E-state index in [2.05, 4.69) is 4.28 Å². The fourth-order valence-corrected chi connectivity index (χ4v) is 1.60. The molecule has 90 valence electrons. The van der Waals surface area contributed by atoms with Crippen molar-refractivity contribution < 1.29 is 31.1 Å². The summed E-state index contributed by atoms with van der Waals surface area (Å²) in [5.74, 6) is -2.25. The number of carbonyl (C=O) groups is 2. The summed E-state index contributed by atoms with van der Waals surface area (Å²) in [7, 11) is -5.35. The highest BCUT2D eigenvalue weighted by molar-refractivity contribution is 7.87. The van der Waals surface area contributed by atoms with Gasteiger partial charge in [0.05, 0.1) is 0 Å². The Morgan fingerprint density at radius 2 is 1.75 bits per heavy atom. The van der Waals surface area contributed by atoms with Crippen LogP contribution in [0.15, 0.2) is 12.2 Å². The van der Waals surface area contributed by atoms with E-state index in [1.54, 1.807) is 0 Å². The van der Waals surface area contributed by atoms with Crippen LogP contribution in [0.1, 0.15) is 13.3 Å². The van der Waals surface area contributed by atoms with E-state index in [0.29, 0.717) is 12.2 Å². The molecule has 1 heterocycles. The van der Waals surface area contributed by atoms with Crippen molar-refractivity contribution in [3.8, 4) is 0 Å². The molecule has 0 spiro atoms. The number of carbonyl (C=O) groups excluding carboxylic acids is 2. The zero-order chi connectivity index (χ0) is 12.6. The second-order valence-electron chi connectivity index (χ2n) is 2.82. The number of imide groups is 1. The topological polar surface area (TPSA) is 80.8 Å². The van der Waals surface area contributed by atoms with E-state index in [1.807, 2.05) is 0 Å². The van der Waals surface area contributed by atoms with E-state index in [4.69, 9.17) is 0 Å². The molecule has 0 fully saturated rings. The second-order valence-corrected chi connectivity index (χ2v) is 4.48. The minimum atomic E-state index is -5.35. The Kier molecular flexibility index (Phi) is 3.10. The van der Waals surface area contributed by atoms with Crippen LogP contribution >= 0.6 is 0 Å². The minimum absolute atomic E-state index is 0.237. The van der Waals surface area contributed by atoms with Crippen LogP contribution in [0.25, 0.3) is 0 Å². The van der Waals surface area contributed by atoms with E-state index in [0.717, 1.165) is 6.92 Å². The smallest absolute Gasteiger partial charge is 0.267 e. The molecule has 9 heteroatoms. The molecule has 0 atom stereocenters. The van der Waals surface area contributed by atoms with Gasteiger partial charge in [-0.25, -0.2) is 0 Å². The van der Waals surface area contributed by atoms with Crippen molar-refractivity contribution in [3.63, 3.8) is 0 Å². The van der Waals surface area contributed by atoms with Crippen LogP contribution in [0, 0.1) is 0 Å². The van der Waals surface area contributed by atoms with Gasteiger partial charge in [0.1, 0.15) is 0 Å². The highest BCUT2D eigenvalue weighted by Gasteiger charge is 2.47. The van der Waals surface area contributed by atoms with Gasteiger partial charge >= 0.3 is 15.4 Å². The average Bonchev–Trinajstić information content (AvgIpc) is 2.49. The minimum Gasteiger partial charge on any atom is -0.267 e. The third kappa shape index (κ3) is 2.09. The molecule has 0 saturated heterocycles. The summed E-state index contributed by atoms with van der Waals surface area (Å²) in [6, 6.07) is 0. The first-order valence-corrected chi connectivity index (χ1v) is 5.50. The van der Waals surface area contributed by atoms with E-state index >= 15 is 0 Å². The Labute approximate surface area is 89.5 Å². The van der Waals surface area contributed by atoms with Crippen molar-refractivity contribution in [3.05, 3.63) is 12.2 Å². The maximum Gasteiger partial charge on any atom is 0.371 e. The van der Waals surface area contributed by atoms with Crippen LogP contribution < -0.4 is 0 Å². The summed E-state index contributed by atoms with van der Waals surface area (Å²) in [4.78, 5) is 21.7. The standard InChI is InChI=1S/C7H7F2NO5S/c1-2-7(8,9)16(13,14)15-10-5(11)3-4-6(10)12/h3-4H,2H2,1H3. The fraction of sp³-hybridized carbons (Fsp3) is 0.429. The average molecular weight is 255 g/mol. The van der Waals surface area contributed by atoms with Crippen LogP contribution in [-0.4, -0.2) is 30.5 Å². The molecule has 0 saturated carbocycles. The first-order valence-electron chi connectivity index (χ1n) is 4.09. The maximum atomic E-state index is 12.9. The molecule has 0 N–H and O–H groups in total. The molecule has 16 heavy (non-hydrogen) atoms. The Morgan fingerprint density at radius 1 is 1.31 bits per heavy atom. The summed E-state index contributed by atoms with van der Waals surface area (Å²) >= 11 is 0. The molecule has 0 unspecified atom stereocenters. The number of hydrogen-bond donors (Lipinski definition) is 0. The van der Waals surface area contributed by atoms with Gasteiger partial charge in [-0.2, -0.15) is 17.2 Å². The quantitative estimate of drug-likeness (QED) is 0.669. The van der Waals surface area contributed by atoms with E-state index in [1.165, 1.54) is 0 Å². The second kappa shape index (κ2) is 3.91. The summed E-state index contributed by atoms with van der Waals surface area (Å²) in [5, 5.41) is -4.39. The van der Waals surface area contributed by atoms with Crippen LogP contribution in [0.4, 0.5) is 8.78 Å². The van der Waals surface area contributed by atoms with Crippen LogP contribution in [0.5, 0.6) is 0 Å². The molecule has 0 radical (unpaired) electrons. The normalized spacial score (nSPS) is 17.3. The van der Waals surface area contributed by atoms with E-state index in [9.17, 15) is 26.8 Å². The third-order valence-electron chi connectivity index (χ3n) is 1.72. The van der Waals surface area contributed by atoms with E-state index in [-0.39, 0.29) is 5.06 Å². The predicted molar refractivity (Wildman–Crippen MR) is 46.2 cm³/mol. The van der Waals surface area contributed by atoms with Crippen molar-refractivity contribution in [2.75, 3.05) is 0 Å². The van der Waals surface area contributed by atoms with Gasteiger partial charge in [-0.05, 0) is 0 Å². The molecular weight excluding hydrogens is 248 g/mol. The number of nitrogens with zero attached hydrogens (tertiary/aromatic N) is 1. The van der Waals surface area contributed by atoms with Gasteiger partial charge in [-0.1, -0.05) is 6.92 Å². The predicted octanol–water partition coefficient (Wildman–Crippen LogP) is 0.176. The lowest BCUT2D eigenvalue weighted by Gasteiger charge is -2.18. The maximum absolute atomic E-state index is 12.9. The SMILES string of the molecule is CCC(F)(F)S(=O)(=O)ON1C(=O)C=CC1=O. The Morgan fingerprint density at radius 3 is 2.12 bits per heavy atom. The van der Waals surface area contributed by atoms with Crippen molar-refractivity contribution in [2.45, 2.75) is 18.6 Å². The monoisotopic (exact) mass is 255 g/mol. The van der Waals surface area contributed by atoms with Gasteiger partial charge in [0.2, 0.25) is 0 Å². The number of hydroxylamine groups is 2. The molecule has 1 aliphatic rings. The van der Waals surface area contributed by atoms with E-state index < -0.39 is 33.6 Å². The fourth-order valence-electron chi connectivity index (χ4n) is 0.789. The van der Waals surface area contributed by atoms with Crippen molar-refractivity contribution in [2.24, 2.45) is 0 Å². The molecule has 2 amide bonds. The largest absolute Gasteiger partial charge is 0.371 e. The van der Waals surface area contributed by atoms with Crippen LogP contribution in [0.3, 0.4) is 0 Å². The zero-order valence-corrected chi connectivity index (χ0v) is 8.83. The zero-order valence-electron chi connectivity index (χ0n) is 8.01. The number of amides is 2. The molecule has 0 aromatic carbocycles. The summed E-state index contributed by atoms with van der Waals surface area (Å²) < 4.78 is 51.5. The van der Waals surface area contributed by atoms with Gasteiger partial charge < -0.3 is 0 Å². The molecule has 6 nitrogen and oxygen atoms in total. The molecule has 0 aromatic heterocycles. The molecule has 0 bridgehead atoms. The van der Waals surface area contributed by atoms with Crippen LogP contribution in [-0.2, 0) is 24.0 Å². The number of rotatable bonds is 4. The third-order valence-corrected chi connectivity index (χ3v) is 3.08. The molecule has 1 rings (SSSR count). The van der Waals surface area contributed by atoms with Crippen molar-refractivity contribution in [1.29, 1.82) is 0 Å².